The van der Waals surface area contributed by atoms with Crippen LogP contribution < -0.4 is 9.64 Å². The molecular weight excluding hydrogens is 210 g/mol. The molecule has 0 atom stereocenters. The van der Waals surface area contributed by atoms with Gasteiger partial charge in [0.2, 0.25) is 5.88 Å². The zero-order valence-electron chi connectivity index (χ0n) is 9.39. The topological polar surface area (TPSA) is 37.7 Å². The highest BCUT2D eigenvalue weighted by Crippen LogP contribution is 2.17. The molecule has 0 aliphatic rings. The number of anilines is 1. The number of aliphatic imine (C=N–C) groups is 1. The molecule has 0 spiro atoms. The Morgan fingerprint density at radius 3 is 2.67 bits per heavy atom. The van der Waals surface area contributed by atoms with Crippen LogP contribution in [0, 0.1) is 0 Å². The third kappa shape index (κ3) is 2.86. The highest BCUT2D eigenvalue weighted by molar-refractivity contribution is 8.13. The van der Waals surface area contributed by atoms with E-state index in [4.69, 9.17) is 4.74 Å². The van der Waals surface area contributed by atoms with Gasteiger partial charge in [-0.05, 0) is 12.3 Å². The third-order valence-corrected chi connectivity index (χ3v) is 2.80. The normalized spacial score (nSPS) is 11.3. The number of ether oxygens (including phenoxy) is 1. The van der Waals surface area contributed by atoms with E-state index in [9.17, 15) is 0 Å². The van der Waals surface area contributed by atoms with Crippen molar-refractivity contribution in [3.8, 4) is 5.88 Å². The predicted octanol–water partition coefficient (Wildman–Crippen LogP) is 1.88. The second-order valence-electron chi connectivity index (χ2n) is 2.83. The van der Waals surface area contributed by atoms with E-state index in [1.54, 1.807) is 32.1 Å². The smallest absolute Gasteiger partial charge is 0.213 e. The van der Waals surface area contributed by atoms with Gasteiger partial charge in [0, 0.05) is 20.2 Å². The van der Waals surface area contributed by atoms with Crippen molar-refractivity contribution < 1.29 is 4.74 Å². The van der Waals surface area contributed by atoms with Crippen molar-refractivity contribution in [2.24, 2.45) is 4.99 Å². The minimum atomic E-state index is 0.617. The fourth-order valence-electron chi connectivity index (χ4n) is 1.18. The maximum absolute atomic E-state index is 5.00. The minimum Gasteiger partial charge on any atom is -0.481 e. The Kier molecular flexibility index (Phi) is 4.42. The first kappa shape index (κ1) is 11.8. The molecule has 5 heteroatoms. The van der Waals surface area contributed by atoms with Gasteiger partial charge in [-0.1, -0.05) is 11.8 Å². The van der Waals surface area contributed by atoms with Crippen molar-refractivity contribution in [1.82, 2.24) is 4.98 Å². The lowest BCUT2D eigenvalue weighted by molar-refractivity contribution is 0.398. The Morgan fingerprint density at radius 1 is 1.53 bits per heavy atom. The maximum atomic E-state index is 5.00. The molecule has 0 fully saturated rings. The molecule has 1 aromatic rings. The fraction of sp³-hybridized carbons (Fsp3) is 0.400. The van der Waals surface area contributed by atoms with Crippen molar-refractivity contribution in [3.63, 3.8) is 0 Å². The van der Waals surface area contributed by atoms with Crippen LogP contribution in [-0.4, -0.2) is 37.6 Å². The molecule has 0 saturated carbocycles. The summed E-state index contributed by atoms with van der Waals surface area (Å²) in [6, 6.07) is 3.78. The van der Waals surface area contributed by atoms with E-state index in [0.29, 0.717) is 5.88 Å². The average molecular weight is 225 g/mol. The number of methoxy groups -OCH3 is 1. The van der Waals surface area contributed by atoms with Crippen LogP contribution in [0.2, 0.25) is 0 Å². The predicted molar refractivity (Wildman–Crippen MR) is 66.1 cm³/mol. The lowest BCUT2D eigenvalue weighted by Gasteiger charge is -2.18. The summed E-state index contributed by atoms with van der Waals surface area (Å²) in [5.74, 6) is 0.617. The van der Waals surface area contributed by atoms with E-state index in [-0.39, 0.29) is 0 Å². The van der Waals surface area contributed by atoms with Gasteiger partial charge >= 0.3 is 0 Å². The Morgan fingerprint density at radius 2 is 2.27 bits per heavy atom. The van der Waals surface area contributed by atoms with Crippen LogP contribution in [0.5, 0.6) is 5.88 Å². The standard InChI is InChI=1S/C10H15N3OS/c1-11-10(15-4)13(2)8-5-6-9(14-3)12-7-8/h5-7H,1-4H3. The van der Waals surface area contributed by atoms with Crippen LogP contribution in [0.25, 0.3) is 0 Å². The molecule has 4 nitrogen and oxygen atoms in total. The minimum absolute atomic E-state index is 0.617. The zero-order chi connectivity index (χ0) is 11.3. The lowest BCUT2D eigenvalue weighted by Crippen LogP contribution is -2.23. The Bertz CT molecular complexity index is 337. The summed E-state index contributed by atoms with van der Waals surface area (Å²) in [6.07, 6.45) is 3.76. The molecule has 0 bridgehead atoms. The van der Waals surface area contributed by atoms with Gasteiger partial charge in [-0.2, -0.15) is 0 Å². The van der Waals surface area contributed by atoms with Crippen LogP contribution in [0.3, 0.4) is 0 Å². The van der Waals surface area contributed by atoms with Gasteiger partial charge < -0.3 is 9.64 Å². The molecule has 0 aromatic carbocycles. The van der Waals surface area contributed by atoms with Crippen molar-refractivity contribution in [1.29, 1.82) is 0 Å². The van der Waals surface area contributed by atoms with Gasteiger partial charge in [0.1, 0.15) is 0 Å². The van der Waals surface area contributed by atoms with Gasteiger partial charge in [-0.3, -0.25) is 4.99 Å². The van der Waals surface area contributed by atoms with E-state index in [2.05, 4.69) is 9.98 Å². The molecule has 0 aliphatic carbocycles. The molecule has 0 unspecified atom stereocenters. The first-order valence-corrected chi connectivity index (χ1v) is 5.70. The first-order valence-electron chi connectivity index (χ1n) is 4.47. The number of thioether (sulfide) groups is 1. The van der Waals surface area contributed by atoms with Crippen molar-refractivity contribution in [2.45, 2.75) is 0 Å². The quantitative estimate of drug-likeness (QED) is 0.569. The SMILES string of the molecule is CN=C(SC)N(C)c1ccc(OC)nc1. The van der Waals surface area contributed by atoms with Crippen LogP contribution in [0.4, 0.5) is 5.69 Å². The Balaban J connectivity index is 2.86. The van der Waals surface area contributed by atoms with Crippen molar-refractivity contribution in [2.75, 3.05) is 32.4 Å². The zero-order valence-corrected chi connectivity index (χ0v) is 10.2. The summed E-state index contributed by atoms with van der Waals surface area (Å²) >= 11 is 1.60. The average Bonchev–Trinajstić information content (AvgIpc) is 2.30. The van der Waals surface area contributed by atoms with Crippen LogP contribution >= 0.6 is 11.8 Å². The lowest BCUT2D eigenvalue weighted by atomic mass is 10.4. The van der Waals surface area contributed by atoms with Gasteiger partial charge in [-0.15, -0.1) is 0 Å². The summed E-state index contributed by atoms with van der Waals surface area (Å²) in [5, 5.41) is 0.946. The second-order valence-corrected chi connectivity index (χ2v) is 3.60. The Labute approximate surface area is 94.4 Å². The number of amidine groups is 1. The second kappa shape index (κ2) is 5.60. The molecule has 0 aliphatic heterocycles. The summed E-state index contributed by atoms with van der Waals surface area (Å²) in [7, 11) is 5.34. The number of rotatable bonds is 2. The van der Waals surface area contributed by atoms with Gasteiger partial charge in [0.15, 0.2) is 5.17 Å². The van der Waals surface area contributed by atoms with E-state index >= 15 is 0 Å². The number of aromatic nitrogens is 1. The molecule has 0 N–H and O–H groups in total. The van der Waals surface area contributed by atoms with Crippen LogP contribution in [0.1, 0.15) is 0 Å². The van der Waals surface area contributed by atoms with Gasteiger partial charge in [0.05, 0.1) is 19.0 Å². The summed E-state index contributed by atoms with van der Waals surface area (Å²) in [4.78, 5) is 10.3. The highest BCUT2D eigenvalue weighted by atomic mass is 32.2. The number of pyridine rings is 1. The van der Waals surface area contributed by atoms with Gasteiger partial charge in [0.25, 0.3) is 0 Å². The van der Waals surface area contributed by atoms with E-state index < -0.39 is 0 Å². The molecule has 0 amide bonds. The first-order chi connectivity index (χ1) is 7.22. The Hall–Kier alpha value is -1.23. The monoisotopic (exact) mass is 225 g/mol. The molecule has 1 aromatic heterocycles. The van der Waals surface area contributed by atoms with E-state index in [1.807, 2.05) is 30.3 Å². The number of hydrogen-bond donors (Lipinski definition) is 0. The van der Waals surface area contributed by atoms with Gasteiger partial charge in [-0.25, -0.2) is 4.98 Å². The molecule has 0 saturated heterocycles. The van der Waals surface area contributed by atoms with Crippen molar-refractivity contribution in [3.05, 3.63) is 18.3 Å². The highest BCUT2D eigenvalue weighted by Gasteiger charge is 2.07. The van der Waals surface area contributed by atoms with Crippen LogP contribution in [-0.2, 0) is 0 Å². The molecule has 15 heavy (non-hydrogen) atoms. The van der Waals surface area contributed by atoms with Crippen molar-refractivity contribution >= 4 is 22.6 Å². The van der Waals surface area contributed by atoms with Crippen LogP contribution in [0.15, 0.2) is 23.3 Å². The van der Waals surface area contributed by atoms with E-state index in [0.717, 1.165) is 10.9 Å². The maximum Gasteiger partial charge on any atom is 0.213 e. The molecule has 1 rings (SSSR count). The molecular formula is C10H15N3OS. The molecule has 1 heterocycles. The number of nitrogens with zero attached hydrogens (tertiary/aromatic N) is 3. The third-order valence-electron chi connectivity index (χ3n) is 1.98. The number of hydrogen-bond acceptors (Lipinski definition) is 4. The molecule has 82 valence electrons. The molecule has 0 radical (unpaired) electrons. The fourth-order valence-corrected chi connectivity index (χ4v) is 1.74. The summed E-state index contributed by atoms with van der Waals surface area (Å²) in [6.45, 7) is 0. The largest absolute Gasteiger partial charge is 0.481 e. The summed E-state index contributed by atoms with van der Waals surface area (Å²) in [5.41, 5.74) is 0.991. The van der Waals surface area contributed by atoms with E-state index in [1.165, 1.54) is 0 Å². The summed E-state index contributed by atoms with van der Waals surface area (Å²) < 4.78 is 5.00.